The number of methoxy groups -OCH3 is 1. The van der Waals surface area contributed by atoms with E-state index in [0.29, 0.717) is 31.1 Å². The average Bonchev–Trinajstić information content (AvgIpc) is 2.69. The molecule has 0 spiro atoms. The Morgan fingerprint density at radius 2 is 1.96 bits per heavy atom. The molecule has 27 heavy (non-hydrogen) atoms. The number of ether oxygens (including phenoxy) is 2. The molecule has 0 radical (unpaired) electrons. The molecule has 0 bridgehead atoms. The van der Waals surface area contributed by atoms with Crippen LogP contribution in [0.25, 0.3) is 0 Å². The van der Waals surface area contributed by atoms with E-state index in [1.807, 2.05) is 55.5 Å². The standard InChI is InChI=1S/C22H26ClNO3/c1-16(14-17-6-5-7-18(15-17)26-2)24-21(25)22(10-12-27-13-11-22)19-8-3-4-9-20(19)23/h3-9,15-16H,10-14H2,1-2H3,(H,24,25). The third-order valence-electron chi connectivity index (χ3n) is 5.22. The van der Waals surface area contributed by atoms with Crippen molar-refractivity contribution in [3.63, 3.8) is 0 Å². The monoisotopic (exact) mass is 387 g/mol. The van der Waals surface area contributed by atoms with E-state index in [0.717, 1.165) is 23.3 Å². The summed E-state index contributed by atoms with van der Waals surface area (Å²) in [6, 6.07) is 15.6. The van der Waals surface area contributed by atoms with E-state index >= 15 is 0 Å². The minimum Gasteiger partial charge on any atom is -0.497 e. The minimum absolute atomic E-state index is 0.00758. The lowest BCUT2D eigenvalue weighted by Gasteiger charge is -2.37. The Morgan fingerprint density at radius 1 is 1.22 bits per heavy atom. The van der Waals surface area contributed by atoms with Crippen molar-refractivity contribution in [2.75, 3.05) is 20.3 Å². The maximum Gasteiger partial charge on any atom is 0.231 e. The van der Waals surface area contributed by atoms with Gasteiger partial charge in [-0.25, -0.2) is 0 Å². The van der Waals surface area contributed by atoms with Crippen molar-refractivity contribution in [1.82, 2.24) is 5.32 Å². The van der Waals surface area contributed by atoms with Gasteiger partial charge < -0.3 is 14.8 Å². The van der Waals surface area contributed by atoms with E-state index in [9.17, 15) is 4.79 Å². The number of hydrogen-bond donors (Lipinski definition) is 1. The SMILES string of the molecule is COc1cccc(CC(C)NC(=O)C2(c3ccccc3Cl)CCOCC2)c1. The fraction of sp³-hybridized carbons (Fsp3) is 0.409. The molecule has 0 aliphatic carbocycles. The first-order valence-corrected chi connectivity index (χ1v) is 9.69. The Labute approximate surface area is 165 Å². The molecule has 5 heteroatoms. The predicted octanol–water partition coefficient (Wildman–Crippen LogP) is 4.14. The van der Waals surface area contributed by atoms with Crippen LogP contribution in [0.1, 0.15) is 30.9 Å². The highest BCUT2D eigenvalue weighted by Crippen LogP contribution is 2.39. The third kappa shape index (κ3) is 4.45. The van der Waals surface area contributed by atoms with E-state index in [-0.39, 0.29) is 11.9 Å². The van der Waals surface area contributed by atoms with Gasteiger partial charge in [-0.15, -0.1) is 0 Å². The van der Waals surface area contributed by atoms with Crippen molar-refractivity contribution in [3.05, 3.63) is 64.7 Å². The molecule has 0 saturated carbocycles. The number of carbonyl (C=O) groups excluding carboxylic acids is 1. The number of amides is 1. The van der Waals surface area contributed by atoms with E-state index in [1.165, 1.54) is 0 Å². The van der Waals surface area contributed by atoms with Crippen LogP contribution < -0.4 is 10.1 Å². The van der Waals surface area contributed by atoms with Gasteiger partial charge in [0.25, 0.3) is 0 Å². The van der Waals surface area contributed by atoms with Gasteiger partial charge in [0.05, 0.1) is 12.5 Å². The van der Waals surface area contributed by atoms with Crippen molar-refractivity contribution in [2.45, 2.75) is 37.6 Å². The molecule has 1 amide bonds. The Morgan fingerprint density at radius 3 is 2.67 bits per heavy atom. The van der Waals surface area contributed by atoms with Crippen LogP contribution in [0.2, 0.25) is 5.02 Å². The molecule has 1 unspecified atom stereocenters. The Hall–Kier alpha value is -2.04. The molecule has 1 atom stereocenters. The zero-order valence-electron chi connectivity index (χ0n) is 15.8. The summed E-state index contributed by atoms with van der Waals surface area (Å²) in [5, 5.41) is 3.84. The van der Waals surface area contributed by atoms with Crippen molar-refractivity contribution in [2.24, 2.45) is 0 Å². The minimum atomic E-state index is -0.640. The maximum atomic E-state index is 13.3. The number of carbonyl (C=O) groups is 1. The van der Waals surface area contributed by atoms with Crippen LogP contribution in [0.3, 0.4) is 0 Å². The summed E-state index contributed by atoms with van der Waals surface area (Å²) < 4.78 is 10.8. The first kappa shape index (κ1) is 19.7. The zero-order valence-corrected chi connectivity index (χ0v) is 16.6. The number of benzene rings is 2. The van der Waals surface area contributed by atoms with Crippen LogP contribution in [-0.4, -0.2) is 32.3 Å². The quantitative estimate of drug-likeness (QED) is 0.810. The zero-order chi connectivity index (χ0) is 19.3. The average molecular weight is 388 g/mol. The van der Waals surface area contributed by atoms with Gasteiger partial charge in [-0.2, -0.15) is 0 Å². The van der Waals surface area contributed by atoms with Gasteiger partial charge in [-0.1, -0.05) is 41.9 Å². The van der Waals surface area contributed by atoms with E-state index < -0.39 is 5.41 Å². The predicted molar refractivity (Wildman–Crippen MR) is 107 cm³/mol. The molecule has 1 aliphatic rings. The molecule has 1 N–H and O–H groups in total. The van der Waals surface area contributed by atoms with E-state index in [4.69, 9.17) is 21.1 Å². The molecular weight excluding hydrogens is 362 g/mol. The van der Waals surface area contributed by atoms with Crippen molar-refractivity contribution in [1.29, 1.82) is 0 Å². The summed E-state index contributed by atoms with van der Waals surface area (Å²) in [6.07, 6.45) is 2.00. The summed E-state index contributed by atoms with van der Waals surface area (Å²) in [5.74, 6) is 0.845. The summed E-state index contributed by atoms with van der Waals surface area (Å²) in [4.78, 5) is 13.3. The highest BCUT2D eigenvalue weighted by molar-refractivity contribution is 6.31. The second-order valence-corrected chi connectivity index (χ2v) is 7.51. The second kappa shape index (κ2) is 8.77. The largest absolute Gasteiger partial charge is 0.497 e. The van der Waals surface area contributed by atoms with Gasteiger partial charge in [0.15, 0.2) is 0 Å². The molecule has 2 aromatic carbocycles. The second-order valence-electron chi connectivity index (χ2n) is 7.10. The molecule has 1 heterocycles. The lowest BCUT2D eigenvalue weighted by atomic mass is 9.73. The fourth-order valence-electron chi connectivity index (χ4n) is 3.75. The first-order valence-electron chi connectivity index (χ1n) is 9.32. The molecule has 1 aliphatic heterocycles. The van der Waals surface area contributed by atoms with Crippen molar-refractivity contribution in [3.8, 4) is 5.75 Å². The third-order valence-corrected chi connectivity index (χ3v) is 5.55. The van der Waals surface area contributed by atoms with Crippen LogP contribution in [0.5, 0.6) is 5.75 Å². The summed E-state index contributed by atoms with van der Waals surface area (Å²) in [7, 11) is 1.66. The molecule has 1 fully saturated rings. The van der Waals surface area contributed by atoms with Gasteiger partial charge in [-0.05, 0) is 55.5 Å². The van der Waals surface area contributed by atoms with Crippen molar-refractivity contribution >= 4 is 17.5 Å². The fourth-order valence-corrected chi connectivity index (χ4v) is 4.07. The summed E-state index contributed by atoms with van der Waals surface area (Å²) in [6.45, 7) is 3.14. The Balaban J connectivity index is 1.77. The van der Waals surface area contributed by atoms with Gasteiger partial charge in [0.2, 0.25) is 5.91 Å². The molecule has 0 aromatic heterocycles. The van der Waals surface area contributed by atoms with Gasteiger partial charge in [0, 0.05) is 24.3 Å². The number of hydrogen-bond acceptors (Lipinski definition) is 3. The number of nitrogens with one attached hydrogen (secondary N) is 1. The van der Waals surface area contributed by atoms with Crippen LogP contribution in [0, 0.1) is 0 Å². The van der Waals surface area contributed by atoms with Crippen LogP contribution >= 0.6 is 11.6 Å². The lowest BCUT2D eigenvalue weighted by Crippen LogP contribution is -2.51. The van der Waals surface area contributed by atoms with Crippen LogP contribution in [-0.2, 0) is 21.4 Å². The highest BCUT2D eigenvalue weighted by atomic mass is 35.5. The van der Waals surface area contributed by atoms with Gasteiger partial charge in [0.1, 0.15) is 5.75 Å². The smallest absolute Gasteiger partial charge is 0.231 e. The topological polar surface area (TPSA) is 47.6 Å². The van der Waals surface area contributed by atoms with Gasteiger partial charge in [-0.3, -0.25) is 4.79 Å². The highest BCUT2D eigenvalue weighted by Gasteiger charge is 2.43. The molecule has 4 nitrogen and oxygen atoms in total. The number of rotatable bonds is 6. The van der Waals surface area contributed by atoms with Crippen LogP contribution in [0.4, 0.5) is 0 Å². The van der Waals surface area contributed by atoms with Crippen molar-refractivity contribution < 1.29 is 14.3 Å². The Kier molecular flexibility index (Phi) is 6.40. The molecule has 2 aromatic rings. The maximum absolute atomic E-state index is 13.3. The Bertz CT molecular complexity index is 787. The molecule has 144 valence electrons. The molecule has 1 saturated heterocycles. The normalized spacial score (nSPS) is 17.1. The first-order chi connectivity index (χ1) is 13.0. The summed E-state index contributed by atoms with van der Waals surface area (Å²) in [5.41, 5.74) is 1.38. The molecular formula is C22H26ClNO3. The van der Waals surface area contributed by atoms with E-state index in [2.05, 4.69) is 5.32 Å². The summed E-state index contributed by atoms with van der Waals surface area (Å²) >= 11 is 6.46. The van der Waals surface area contributed by atoms with E-state index in [1.54, 1.807) is 7.11 Å². The number of halogens is 1. The molecule has 3 rings (SSSR count). The van der Waals surface area contributed by atoms with Gasteiger partial charge >= 0.3 is 0 Å². The van der Waals surface area contributed by atoms with Crippen LogP contribution in [0.15, 0.2) is 48.5 Å². The lowest BCUT2D eigenvalue weighted by molar-refractivity contribution is -0.131.